The Labute approximate surface area is 247 Å². The van der Waals surface area contributed by atoms with Crippen LogP contribution in [0.4, 0.5) is 10.7 Å². The molecule has 0 radical (unpaired) electrons. The first-order valence-electron chi connectivity index (χ1n) is 14.7. The first kappa shape index (κ1) is 29.4. The number of nitrogens with zero attached hydrogens (tertiary/aromatic N) is 4. The van der Waals surface area contributed by atoms with E-state index in [1.54, 1.807) is 4.90 Å². The van der Waals surface area contributed by atoms with Crippen molar-refractivity contribution in [3.63, 3.8) is 0 Å². The van der Waals surface area contributed by atoms with Gasteiger partial charge in [0.25, 0.3) is 0 Å². The first-order chi connectivity index (χ1) is 20.2. The van der Waals surface area contributed by atoms with Gasteiger partial charge in [-0.1, -0.05) is 42.5 Å². The van der Waals surface area contributed by atoms with Crippen LogP contribution in [0.25, 0.3) is 11.0 Å². The van der Waals surface area contributed by atoms with Gasteiger partial charge in [-0.2, -0.15) is 0 Å². The topological polar surface area (TPSA) is 90.7 Å². The SMILES string of the molecule is CCOC(c1nc(C)ccc1OCc1ccccc1)n1c(NC2CCN(C(=O)OC(C)(C)C)CC2)nc2ccccc21. The summed E-state index contributed by atoms with van der Waals surface area (Å²) in [6.45, 7) is 11.7. The van der Waals surface area contributed by atoms with E-state index in [-0.39, 0.29) is 12.1 Å². The lowest BCUT2D eigenvalue weighted by Gasteiger charge is -2.34. The van der Waals surface area contributed by atoms with Crippen molar-refractivity contribution in [1.82, 2.24) is 19.4 Å². The molecule has 42 heavy (non-hydrogen) atoms. The number of piperidine rings is 1. The number of para-hydroxylation sites is 2. The molecule has 1 aliphatic rings. The van der Waals surface area contributed by atoms with Crippen molar-refractivity contribution in [2.24, 2.45) is 0 Å². The number of fused-ring (bicyclic) bond motifs is 1. The molecule has 1 aliphatic heterocycles. The summed E-state index contributed by atoms with van der Waals surface area (Å²) in [5.41, 5.74) is 3.91. The molecule has 2 aromatic carbocycles. The number of hydrogen-bond donors (Lipinski definition) is 1. The summed E-state index contributed by atoms with van der Waals surface area (Å²) in [4.78, 5) is 24.3. The Morgan fingerprint density at radius 1 is 1.00 bits per heavy atom. The van der Waals surface area contributed by atoms with Gasteiger partial charge in [-0.25, -0.2) is 14.8 Å². The predicted molar refractivity (Wildman–Crippen MR) is 164 cm³/mol. The maximum Gasteiger partial charge on any atom is 0.410 e. The zero-order chi connectivity index (χ0) is 29.7. The molecule has 2 aromatic heterocycles. The van der Waals surface area contributed by atoms with Crippen LogP contribution < -0.4 is 10.1 Å². The average Bonchev–Trinajstić information content (AvgIpc) is 3.32. The summed E-state index contributed by atoms with van der Waals surface area (Å²) < 4.78 is 20.4. The lowest BCUT2D eigenvalue weighted by Crippen LogP contribution is -2.44. The number of aromatic nitrogens is 3. The number of carbonyl (C=O) groups excluding carboxylic acids is 1. The van der Waals surface area contributed by atoms with Gasteiger partial charge in [-0.15, -0.1) is 0 Å². The van der Waals surface area contributed by atoms with Gasteiger partial charge in [0.1, 0.15) is 23.7 Å². The van der Waals surface area contributed by atoms with E-state index in [1.807, 2.05) is 101 Å². The minimum atomic E-state index is -0.572. The Balaban J connectivity index is 1.44. The normalized spacial score (nSPS) is 15.0. The van der Waals surface area contributed by atoms with Crippen molar-refractivity contribution < 1.29 is 19.0 Å². The molecule has 0 bridgehead atoms. The third-order valence-electron chi connectivity index (χ3n) is 7.13. The van der Waals surface area contributed by atoms with Crippen molar-refractivity contribution in [2.75, 3.05) is 25.0 Å². The molecule has 1 amide bonds. The Kier molecular flexibility index (Phi) is 8.97. The predicted octanol–water partition coefficient (Wildman–Crippen LogP) is 6.71. The van der Waals surface area contributed by atoms with Crippen LogP contribution in [0.3, 0.4) is 0 Å². The molecular weight excluding hydrogens is 530 g/mol. The maximum atomic E-state index is 12.6. The van der Waals surface area contributed by atoms with Crippen molar-refractivity contribution in [2.45, 2.75) is 71.9 Å². The van der Waals surface area contributed by atoms with E-state index in [2.05, 4.69) is 9.88 Å². The summed E-state index contributed by atoms with van der Waals surface area (Å²) >= 11 is 0. The maximum absolute atomic E-state index is 12.6. The largest absolute Gasteiger partial charge is 0.487 e. The van der Waals surface area contributed by atoms with Crippen LogP contribution in [0.1, 0.15) is 63.7 Å². The van der Waals surface area contributed by atoms with Crippen molar-refractivity contribution in [3.05, 3.63) is 83.7 Å². The van der Waals surface area contributed by atoms with Gasteiger partial charge in [0.05, 0.1) is 11.0 Å². The van der Waals surface area contributed by atoms with Crippen LogP contribution in [0.2, 0.25) is 0 Å². The average molecular weight is 572 g/mol. The highest BCUT2D eigenvalue weighted by Crippen LogP contribution is 2.35. The van der Waals surface area contributed by atoms with E-state index in [9.17, 15) is 4.79 Å². The molecule has 1 fully saturated rings. The van der Waals surface area contributed by atoms with E-state index in [0.717, 1.165) is 35.1 Å². The van der Waals surface area contributed by atoms with E-state index >= 15 is 0 Å². The fraction of sp³-hybridized carbons (Fsp3) is 0.424. The third-order valence-corrected chi connectivity index (χ3v) is 7.13. The minimum Gasteiger partial charge on any atom is -0.487 e. The summed E-state index contributed by atoms with van der Waals surface area (Å²) in [5, 5.41) is 3.67. The number of anilines is 1. The molecule has 0 aliphatic carbocycles. The second kappa shape index (κ2) is 12.8. The number of aryl methyl sites for hydroxylation is 1. The molecule has 9 nitrogen and oxygen atoms in total. The van der Waals surface area contributed by atoms with Gasteiger partial charge in [-0.3, -0.25) is 4.57 Å². The molecule has 3 heterocycles. The number of rotatable bonds is 9. The monoisotopic (exact) mass is 571 g/mol. The number of amides is 1. The number of carbonyl (C=O) groups is 1. The fourth-order valence-corrected chi connectivity index (χ4v) is 5.13. The second-order valence-corrected chi connectivity index (χ2v) is 11.6. The molecular formula is C33H41N5O4. The van der Waals surface area contributed by atoms with Gasteiger partial charge in [0.2, 0.25) is 5.95 Å². The molecule has 1 N–H and O–H groups in total. The lowest BCUT2D eigenvalue weighted by molar-refractivity contribution is 0.0209. The highest BCUT2D eigenvalue weighted by atomic mass is 16.6. The Hall–Kier alpha value is -4.11. The van der Waals surface area contributed by atoms with Crippen LogP contribution in [-0.4, -0.2) is 56.9 Å². The van der Waals surface area contributed by atoms with E-state index in [0.29, 0.717) is 43.7 Å². The number of benzene rings is 2. The van der Waals surface area contributed by atoms with Crippen LogP contribution >= 0.6 is 0 Å². The molecule has 9 heteroatoms. The second-order valence-electron chi connectivity index (χ2n) is 11.6. The molecule has 222 valence electrons. The van der Waals surface area contributed by atoms with Gasteiger partial charge in [-0.05, 0) is 77.3 Å². The molecule has 1 atom stereocenters. The van der Waals surface area contributed by atoms with Gasteiger partial charge < -0.3 is 24.4 Å². The quantitative estimate of drug-likeness (QED) is 0.239. The summed E-state index contributed by atoms with van der Waals surface area (Å²) in [6.07, 6.45) is 0.710. The highest BCUT2D eigenvalue weighted by Gasteiger charge is 2.30. The van der Waals surface area contributed by atoms with E-state index < -0.39 is 11.8 Å². The number of likely N-dealkylation sites (tertiary alicyclic amines) is 1. The van der Waals surface area contributed by atoms with Crippen molar-refractivity contribution in [3.8, 4) is 5.75 Å². The number of hydrogen-bond acceptors (Lipinski definition) is 7. The zero-order valence-corrected chi connectivity index (χ0v) is 25.2. The first-order valence-corrected chi connectivity index (χ1v) is 14.7. The summed E-state index contributed by atoms with van der Waals surface area (Å²) in [6, 6.07) is 22.2. The minimum absolute atomic E-state index is 0.126. The van der Waals surface area contributed by atoms with Crippen LogP contribution in [0, 0.1) is 6.92 Å². The molecule has 1 unspecified atom stereocenters. The van der Waals surface area contributed by atoms with Gasteiger partial charge >= 0.3 is 6.09 Å². The number of nitrogens with one attached hydrogen (secondary N) is 1. The molecule has 4 aromatic rings. The molecule has 0 spiro atoms. The summed E-state index contributed by atoms with van der Waals surface area (Å²) in [5.74, 6) is 1.36. The Morgan fingerprint density at radius 3 is 2.43 bits per heavy atom. The van der Waals surface area contributed by atoms with Crippen LogP contribution in [0.15, 0.2) is 66.7 Å². The molecule has 0 saturated carbocycles. The highest BCUT2D eigenvalue weighted by molar-refractivity contribution is 5.79. The summed E-state index contributed by atoms with van der Waals surface area (Å²) in [7, 11) is 0. The Morgan fingerprint density at radius 2 is 1.71 bits per heavy atom. The molecule has 1 saturated heterocycles. The smallest absolute Gasteiger partial charge is 0.410 e. The van der Waals surface area contributed by atoms with Crippen molar-refractivity contribution >= 4 is 23.1 Å². The number of ether oxygens (including phenoxy) is 3. The zero-order valence-electron chi connectivity index (χ0n) is 25.2. The third kappa shape index (κ3) is 7.02. The van der Waals surface area contributed by atoms with E-state index in [4.69, 9.17) is 24.2 Å². The van der Waals surface area contributed by atoms with Gasteiger partial charge in [0, 0.05) is 31.4 Å². The van der Waals surface area contributed by atoms with E-state index in [1.165, 1.54) is 0 Å². The molecule has 5 rings (SSSR count). The number of pyridine rings is 1. The van der Waals surface area contributed by atoms with Crippen LogP contribution in [-0.2, 0) is 16.1 Å². The lowest BCUT2D eigenvalue weighted by atomic mass is 10.1. The number of imidazole rings is 1. The standard InChI is InChI=1S/C33H41N5O4/c1-6-40-30(29-28(17-16-23(2)34-29)41-22-24-12-8-7-9-13-24)38-27-15-11-10-14-26(27)36-31(38)35-25-18-20-37(21-19-25)32(39)42-33(3,4)5/h7-17,25,30H,6,18-22H2,1-5H3,(H,35,36). The fourth-order valence-electron chi connectivity index (χ4n) is 5.13. The van der Waals surface area contributed by atoms with Crippen molar-refractivity contribution in [1.29, 1.82) is 0 Å². The Bertz CT molecular complexity index is 1490. The van der Waals surface area contributed by atoms with Crippen LogP contribution in [0.5, 0.6) is 5.75 Å². The van der Waals surface area contributed by atoms with Gasteiger partial charge in [0.15, 0.2) is 6.23 Å².